The molecule has 3 aliphatic rings. The highest BCUT2D eigenvalue weighted by Gasteiger charge is 2.24. The predicted molar refractivity (Wildman–Crippen MR) is 141 cm³/mol. The van der Waals surface area contributed by atoms with E-state index in [-0.39, 0.29) is 35.4 Å². The Bertz CT molecular complexity index is 1080. The van der Waals surface area contributed by atoms with E-state index in [9.17, 15) is 9.90 Å². The smallest absolute Gasteiger partial charge is 0.199 e. The molecule has 3 aliphatic heterocycles. The summed E-state index contributed by atoms with van der Waals surface area (Å²) in [5.41, 5.74) is 0.893. The van der Waals surface area contributed by atoms with Crippen LogP contribution in [0, 0.1) is 0 Å². The van der Waals surface area contributed by atoms with Crippen molar-refractivity contribution < 1.29 is 38.3 Å². The lowest BCUT2D eigenvalue weighted by Crippen LogP contribution is -2.26. The third-order valence-electron chi connectivity index (χ3n) is 6.82. The van der Waals surface area contributed by atoms with E-state index in [1.807, 2.05) is 24.3 Å². The van der Waals surface area contributed by atoms with Crippen LogP contribution >= 0.6 is 0 Å². The van der Waals surface area contributed by atoms with Crippen LogP contribution in [0.15, 0.2) is 42.5 Å². The number of aromatic hydroxyl groups is 1. The van der Waals surface area contributed by atoms with Crippen LogP contribution in [0.3, 0.4) is 0 Å². The lowest BCUT2D eigenvalue weighted by molar-refractivity contribution is -0.109. The number of phenolic OH excluding ortho intramolecular Hbond substituents is 1. The van der Waals surface area contributed by atoms with Crippen molar-refractivity contribution in [2.45, 2.75) is 76.7 Å². The van der Waals surface area contributed by atoms with Gasteiger partial charge in [0.2, 0.25) is 0 Å². The van der Waals surface area contributed by atoms with E-state index in [1.54, 1.807) is 12.1 Å². The van der Waals surface area contributed by atoms with E-state index in [1.165, 1.54) is 12.1 Å². The summed E-state index contributed by atoms with van der Waals surface area (Å²) in [6, 6.07) is 10.5. The fourth-order valence-corrected chi connectivity index (χ4v) is 4.76. The van der Waals surface area contributed by atoms with Crippen LogP contribution in [0.4, 0.5) is 0 Å². The van der Waals surface area contributed by atoms with Crippen molar-refractivity contribution in [2.75, 3.05) is 19.8 Å². The molecule has 0 aliphatic carbocycles. The zero-order chi connectivity index (χ0) is 26.2. The van der Waals surface area contributed by atoms with Gasteiger partial charge in [0.1, 0.15) is 28.6 Å². The van der Waals surface area contributed by atoms with Gasteiger partial charge in [0.25, 0.3) is 0 Å². The van der Waals surface area contributed by atoms with E-state index in [0.717, 1.165) is 69.3 Å². The number of phenols is 1. The Morgan fingerprint density at radius 2 is 1.29 bits per heavy atom. The summed E-state index contributed by atoms with van der Waals surface area (Å²) in [5, 5.41) is 10.9. The summed E-state index contributed by atoms with van der Waals surface area (Å²) in [4.78, 5) is 13.3. The van der Waals surface area contributed by atoms with Crippen molar-refractivity contribution in [3.05, 3.63) is 53.6 Å². The fourth-order valence-electron chi connectivity index (χ4n) is 4.76. The van der Waals surface area contributed by atoms with Gasteiger partial charge in [0.15, 0.2) is 24.7 Å². The highest BCUT2D eigenvalue weighted by molar-refractivity contribution is 6.10. The maximum Gasteiger partial charge on any atom is 0.199 e. The second-order valence-corrected chi connectivity index (χ2v) is 9.82. The number of carbonyl (C=O) groups is 1. The summed E-state index contributed by atoms with van der Waals surface area (Å²) in [6.07, 6.45) is 10.5. The second kappa shape index (κ2) is 13.1. The molecule has 1 N–H and O–H groups in total. The molecule has 8 heteroatoms. The normalized spacial score (nSPS) is 24.2. The van der Waals surface area contributed by atoms with Gasteiger partial charge in [0, 0.05) is 31.4 Å². The van der Waals surface area contributed by atoms with Gasteiger partial charge in [-0.1, -0.05) is 18.2 Å². The van der Waals surface area contributed by atoms with Gasteiger partial charge >= 0.3 is 0 Å². The predicted octanol–water partition coefficient (Wildman–Crippen LogP) is 6.00. The van der Waals surface area contributed by atoms with Crippen molar-refractivity contribution in [1.82, 2.24) is 0 Å². The minimum Gasteiger partial charge on any atom is -0.507 e. The van der Waals surface area contributed by atoms with E-state index in [2.05, 4.69) is 0 Å². The summed E-state index contributed by atoms with van der Waals surface area (Å²) < 4.78 is 34.9. The number of benzene rings is 2. The molecule has 2 aromatic rings. The van der Waals surface area contributed by atoms with Crippen molar-refractivity contribution in [1.29, 1.82) is 0 Å². The molecular formula is C30H36O8. The molecule has 0 aromatic heterocycles. The fraction of sp³-hybridized carbons (Fsp3) is 0.500. The average molecular weight is 525 g/mol. The number of allylic oxidation sites excluding steroid dienone is 1. The van der Waals surface area contributed by atoms with E-state index in [0.29, 0.717) is 25.4 Å². The first-order chi connectivity index (χ1) is 18.6. The van der Waals surface area contributed by atoms with E-state index in [4.69, 9.17) is 28.4 Å². The summed E-state index contributed by atoms with van der Waals surface area (Å²) in [6.45, 7) is 1.96. The van der Waals surface area contributed by atoms with Crippen molar-refractivity contribution in [3.63, 3.8) is 0 Å². The molecule has 204 valence electrons. The van der Waals surface area contributed by atoms with E-state index >= 15 is 0 Å². The lowest BCUT2D eigenvalue weighted by Gasteiger charge is -2.26. The number of rotatable bonds is 9. The molecule has 3 unspecified atom stereocenters. The van der Waals surface area contributed by atoms with E-state index < -0.39 is 6.29 Å². The number of carbonyl (C=O) groups excluding carboxylic acids is 1. The average Bonchev–Trinajstić information content (AvgIpc) is 2.94. The first-order valence-electron chi connectivity index (χ1n) is 13.7. The molecule has 2 aromatic carbocycles. The van der Waals surface area contributed by atoms with Gasteiger partial charge in [-0.3, -0.25) is 4.79 Å². The molecule has 0 bridgehead atoms. The lowest BCUT2D eigenvalue weighted by atomic mass is 10.1. The molecule has 3 saturated heterocycles. The standard InChI is InChI=1S/C30H36O8/c31-24(15-12-21-10-13-22(14-11-21)36-27-7-1-4-16-33-27)30-25(32)19-23(37-28-8-2-5-17-34-28)20-26(30)38-29-9-3-6-18-35-29/h10-15,19-20,27-29,32H,1-9,16-18H2. The Hall–Kier alpha value is -3.07. The summed E-state index contributed by atoms with van der Waals surface area (Å²) >= 11 is 0. The second-order valence-electron chi connectivity index (χ2n) is 9.82. The molecule has 0 amide bonds. The Balaban J connectivity index is 1.30. The van der Waals surface area contributed by atoms with Crippen LogP contribution in [0.25, 0.3) is 6.08 Å². The molecule has 3 heterocycles. The number of hydrogen-bond donors (Lipinski definition) is 1. The molecule has 3 fully saturated rings. The Kier molecular flexibility index (Phi) is 9.17. The SMILES string of the molecule is O=C(C=Cc1ccc(OC2CCCCO2)cc1)c1c(O)cc(OC2CCCCO2)cc1OC1CCCCO1. The third-order valence-corrected chi connectivity index (χ3v) is 6.82. The molecule has 0 spiro atoms. The molecule has 0 radical (unpaired) electrons. The van der Waals surface area contributed by atoms with Crippen molar-refractivity contribution >= 4 is 11.9 Å². The number of ketones is 1. The number of hydrogen-bond acceptors (Lipinski definition) is 8. The van der Waals surface area contributed by atoms with Gasteiger partial charge in [-0.2, -0.15) is 0 Å². The molecule has 38 heavy (non-hydrogen) atoms. The van der Waals surface area contributed by atoms with Crippen molar-refractivity contribution in [3.8, 4) is 23.0 Å². The maximum atomic E-state index is 13.3. The summed E-state index contributed by atoms with van der Waals surface area (Å²) in [7, 11) is 0. The Morgan fingerprint density at radius 1 is 0.737 bits per heavy atom. The van der Waals surface area contributed by atoms with Gasteiger partial charge in [-0.05, 0) is 62.3 Å². The minimum absolute atomic E-state index is 0.0711. The monoisotopic (exact) mass is 524 g/mol. The van der Waals surface area contributed by atoms with Crippen LogP contribution in [0.1, 0.15) is 73.7 Å². The van der Waals surface area contributed by atoms with Crippen molar-refractivity contribution in [2.24, 2.45) is 0 Å². The van der Waals surface area contributed by atoms with Gasteiger partial charge in [-0.25, -0.2) is 0 Å². The molecular weight excluding hydrogens is 488 g/mol. The largest absolute Gasteiger partial charge is 0.507 e. The minimum atomic E-state index is -0.486. The first-order valence-corrected chi connectivity index (χ1v) is 13.7. The first kappa shape index (κ1) is 26.5. The Morgan fingerprint density at radius 3 is 1.84 bits per heavy atom. The molecule has 8 nitrogen and oxygen atoms in total. The molecule has 5 rings (SSSR count). The third kappa shape index (κ3) is 7.28. The topological polar surface area (TPSA) is 92.7 Å². The molecule has 3 atom stereocenters. The zero-order valence-corrected chi connectivity index (χ0v) is 21.6. The molecule has 0 saturated carbocycles. The zero-order valence-electron chi connectivity index (χ0n) is 21.6. The van der Waals surface area contributed by atoms with Crippen LogP contribution in [0.2, 0.25) is 0 Å². The number of ether oxygens (including phenoxy) is 6. The highest BCUT2D eigenvalue weighted by Crippen LogP contribution is 2.37. The van der Waals surface area contributed by atoms with Crippen LogP contribution < -0.4 is 14.2 Å². The Labute approximate surface area is 223 Å². The highest BCUT2D eigenvalue weighted by atomic mass is 16.7. The van der Waals surface area contributed by atoms with Crippen LogP contribution in [-0.2, 0) is 14.2 Å². The summed E-state index contributed by atoms with van der Waals surface area (Å²) in [5.74, 6) is 0.741. The van der Waals surface area contributed by atoms with Gasteiger partial charge < -0.3 is 33.5 Å². The van der Waals surface area contributed by atoms with Crippen LogP contribution in [-0.4, -0.2) is 49.6 Å². The van der Waals surface area contributed by atoms with Crippen LogP contribution in [0.5, 0.6) is 23.0 Å². The van der Waals surface area contributed by atoms with Gasteiger partial charge in [0.05, 0.1) is 19.8 Å². The van der Waals surface area contributed by atoms with Gasteiger partial charge in [-0.15, -0.1) is 0 Å². The maximum absolute atomic E-state index is 13.3. The quantitative estimate of drug-likeness (QED) is 0.315.